The molecule has 6 nitrogen and oxygen atoms in total. The summed E-state index contributed by atoms with van der Waals surface area (Å²) in [7, 11) is 3.12. The Balaban J connectivity index is 1.96. The van der Waals surface area contributed by atoms with Crippen molar-refractivity contribution in [1.82, 2.24) is 4.90 Å². The van der Waals surface area contributed by atoms with Gasteiger partial charge in [0.2, 0.25) is 11.9 Å². The van der Waals surface area contributed by atoms with Crippen molar-refractivity contribution < 1.29 is 18.7 Å². The number of likely N-dealkylation sites (N-methyl/N-ethyl adjacent to an activating group) is 1. The summed E-state index contributed by atoms with van der Waals surface area (Å²) in [6, 6.07) is 14.1. The van der Waals surface area contributed by atoms with Gasteiger partial charge in [-0.1, -0.05) is 41.9 Å². The lowest BCUT2D eigenvalue weighted by molar-refractivity contribution is -0.138. The lowest BCUT2D eigenvalue weighted by Crippen LogP contribution is -2.31. The molecule has 0 bridgehead atoms. The van der Waals surface area contributed by atoms with E-state index in [1.54, 1.807) is 50.5 Å². The second-order valence-electron chi connectivity index (χ2n) is 6.04. The predicted octanol–water partition coefficient (Wildman–Crippen LogP) is 3.43. The predicted molar refractivity (Wildman–Crippen MR) is 101 cm³/mol. The van der Waals surface area contributed by atoms with Crippen LogP contribution >= 0.6 is 11.6 Å². The Kier molecular flexibility index (Phi) is 5.28. The quantitative estimate of drug-likeness (QED) is 0.643. The van der Waals surface area contributed by atoms with Crippen LogP contribution in [0.2, 0.25) is 5.02 Å². The summed E-state index contributed by atoms with van der Waals surface area (Å²) in [6.45, 7) is 0. The van der Waals surface area contributed by atoms with Gasteiger partial charge in [0.15, 0.2) is 5.43 Å². The Hall–Kier alpha value is -3.12. The van der Waals surface area contributed by atoms with E-state index in [9.17, 15) is 14.4 Å². The highest BCUT2D eigenvalue weighted by Crippen LogP contribution is 2.23. The molecule has 0 fully saturated rings. The zero-order chi connectivity index (χ0) is 19.6. The zero-order valence-corrected chi connectivity index (χ0v) is 15.4. The Morgan fingerprint density at radius 3 is 2.44 bits per heavy atom. The molecule has 0 aliphatic carbocycles. The molecule has 1 amide bonds. The van der Waals surface area contributed by atoms with E-state index in [1.165, 1.54) is 17.0 Å². The zero-order valence-electron chi connectivity index (χ0n) is 14.6. The fourth-order valence-corrected chi connectivity index (χ4v) is 2.69. The maximum atomic E-state index is 12.6. The molecule has 0 N–H and O–H groups in total. The van der Waals surface area contributed by atoms with Crippen LogP contribution in [0.3, 0.4) is 0 Å². The first-order valence-corrected chi connectivity index (χ1v) is 8.45. The first kappa shape index (κ1) is 18.7. The van der Waals surface area contributed by atoms with Gasteiger partial charge in [0.25, 0.3) is 5.91 Å². The van der Waals surface area contributed by atoms with Gasteiger partial charge in [-0.2, -0.15) is 0 Å². The molecular weight excluding hydrogens is 370 g/mol. The van der Waals surface area contributed by atoms with Crippen LogP contribution in [0.1, 0.15) is 22.2 Å². The number of ether oxygens (including phenoxy) is 1. The summed E-state index contributed by atoms with van der Waals surface area (Å²) < 4.78 is 10.9. The van der Waals surface area contributed by atoms with Crippen LogP contribution in [0, 0.1) is 0 Å². The molecule has 0 radical (unpaired) electrons. The molecule has 0 saturated heterocycles. The topological polar surface area (TPSA) is 76.8 Å². The Morgan fingerprint density at radius 2 is 1.78 bits per heavy atom. The number of nitrogens with zero attached hydrogens (tertiary/aromatic N) is 1. The van der Waals surface area contributed by atoms with Gasteiger partial charge < -0.3 is 14.1 Å². The highest BCUT2D eigenvalue weighted by Gasteiger charge is 2.28. The number of fused-ring (bicyclic) bond motifs is 1. The highest BCUT2D eigenvalue weighted by molar-refractivity contribution is 6.31. The largest absolute Gasteiger partial charge is 0.449 e. The third-order valence-electron chi connectivity index (χ3n) is 3.88. The monoisotopic (exact) mass is 385 g/mol. The number of halogens is 1. The van der Waals surface area contributed by atoms with E-state index in [0.29, 0.717) is 10.6 Å². The average Bonchev–Trinajstić information content (AvgIpc) is 2.66. The van der Waals surface area contributed by atoms with E-state index in [-0.39, 0.29) is 16.7 Å². The minimum Gasteiger partial charge on any atom is -0.449 e. The summed E-state index contributed by atoms with van der Waals surface area (Å²) in [5.74, 6) is -1.61. The van der Waals surface area contributed by atoms with Crippen molar-refractivity contribution in [2.24, 2.45) is 0 Å². The van der Waals surface area contributed by atoms with Crippen molar-refractivity contribution in [3.63, 3.8) is 0 Å². The first-order chi connectivity index (χ1) is 12.9. The molecule has 27 heavy (non-hydrogen) atoms. The van der Waals surface area contributed by atoms with E-state index < -0.39 is 23.4 Å². The number of rotatable bonds is 4. The molecule has 0 aliphatic rings. The van der Waals surface area contributed by atoms with Gasteiger partial charge in [0.05, 0.1) is 5.39 Å². The summed E-state index contributed by atoms with van der Waals surface area (Å²) >= 11 is 5.88. The van der Waals surface area contributed by atoms with E-state index >= 15 is 0 Å². The van der Waals surface area contributed by atoms with Gasteiger partial charge in [-0.05, 0) is 18.2 Å². The third-order valence-corrected chi connectivity index (χ3v) is 4.12. The van der Waals surface area contributed by atoms with Gasteiger partial charge >= 0.3 is 5.97 Å². The first-order valence-electron chi connectivity index (χ1n) is 8.07. The normalized spacial score (nSPS) is 11.8. The Labute approximate surface area is 159 Å². The smallest absolute Gasteiger partial charge is 0.375 e. The summed E-state index contributed by atoms with van der Waals surface area (Å²) in [5, 5.41) is 0.633. The van der Waals surface area contributed by atoms with Crippen molar-refractivity contribution in [2.75, 3.05) is 14.1 Å². The van der Waals surface area contributed by atoms with Crippen molar-refractivity contribution in [1.29, 1.82) is 0 Å². The van der Waals surface area contributed by atoms with Crippen molar-refractivity contribution in [3.05, 3.63) is 81.2 Å². The van der Waals surface area contributed by atoms with Gasteiger partial charge in [0, 0.05) is 30.7 Å². The van der Waals surface area contributed by atoms with Crippen LogP contribution < -0.4 is 5.43 Å². The molecule has 0 aliphatic heterocycles. The van der Waals surface area contributed by atoms with Crippen LogP contribution in [0.25, 0.3) is 11.0 Å². The Bertz CT molecular complexity index is 1060. The molecule has 1 aromatic heterocycles. The Morgan fingerprint density at radius 1 is 1.07 bits per heavy atom. The molecule has 2 aromatic carbocycles. The summed E-state index contributed by atoms with van der Waals surface area (Å²) in [6.07, 6.45) is -1.15. The highest BCUT2D eigenvalue weighted by atomic mass is 35.5. The lowest BCUT2D eigenvalue weighted by Gasteiger charge is -2.21. The maximum Gasteiger partial charge on any atom is 0.375 e. The van der Waals surface area contributed by atoms with Crippen molar-refractivity contribution in [3.8, 4) is 0 Å². The molecule has 1 heterocycles. The molecular formula is C20H16ClNO5. The van der Waals surface area contributed by atoms with Gasteiger partial charge in [0.1, 0.15) is 5.58 Å². The van der Waals surface area contributed by atoms with Gasteiger partial charge in [-0.3, -0.25) is 9.59 Å². The molecule has 0 unspecified atom stereocenters. The molecule has 0 saturated carbocycles. The van der Waals surface area contributed by atoms with Crippen LogP contribution in [0.4, 0.5) is 0 Å². The van der Waals surface area contributed by atoms with E-state index in [4.69, 9.17) is 20.8 Å². The standard InChI is InChI=1S/C20H16ClNO5/c1-22(2)19(24)18(12-6-4-3-5-7-12)27-20(25)17-11-15(23)14-10-13(21)8-9-16(14)26-17/h3-11,18H,1-2H3/t18-/m0/s1. The number of benzene rings is 2. The van der Waals surface area contributed by atoms with Crippen molar-refractivity contribution >= 4 is 34.4 Å². The molecule has 1 atom stereocenters. The fraction of sp³-hybridized carbons (Fsp3) is 0.150. The fourth-order valence-electron chi connectivity index (χ4n) is 2.52. The number of hydrogen-bond acceptors (Lipinski definition) is 5. The number of carbonyl (C=O) groups excluding carboxylic acids is 2. The van der Waals surface area contributed by atoms with E-state index in [1.807, 2.05) is 0 Å². The molecule has 3 aromatic rings. The molecule has 7 heteroatoms. The van der Waals surface area contributed by atoms with Crippen LogP contribution in [0.5, 0.6) is 0 Å². The number of esters is 1. The molecule has 0 spiro atoms. The van der Waals surface area contributed by atoms with E-state index in [0.717, 1.165) is 6.07 Å². The second-order valence-corrected chi connectivity index (χ2v) is 6.48. The van der Waals surface area contributed by atoms with Gasteiger partial charge in [-0.25, -0.2) is 4.79 Å². The average molecular weight is 386 g/mol. The van der Waals surface area contributed by atoms with E-state index in [2.05, 4.69) is 0 Å². The third kappa shape index (κ3) is 4.01. The second kappa shape index (κ2) is 7.63. The number of carbonyl (C=O) groups is 2. The minimum absolute atomic E-state index is 0.203. The number of hydrogen-bond donors (Lipinski definition) is 0. The minimum atomic E-state index is -1.15. The SMILES string of the molecule is CN(C)C(=O)[C@@H](OC(=O)c1cc(=O)c2cc(Cl)ccc2o1)c1ccccc1. The summed E-state index contributed by atoms with van der Waals surface area (Å²) in [5.41, 5.74) is 0.286. The number of amides is 1. The van der Waals surface area contributed by atoms with Crippen LogP contribution in [0.15, 0.2) is 63.8 Å². The van der Waals surface area contributed by atoms with Crippen molar-refractivity contribution in [2.45, 2.75) is 6.10 Å². The van der Waals surface area contributed by atoms with Crippen LogP contribution in [-0.2, 0) is 9.53 Å². The summed E-state index contributed by atoms with van der Waals surface area (Å²) in [4.78, 5) is 38.6. The molecule has 3 rings (SSSR count). The maximum absolute atomic E-state index is 12.6. The lowest BCUT2D eigenvalue weighted by atomic mass is 10.1. The van der Waals surface area contributed by atoms with Gasteiger partial charge in [-0.15, -0.1) is 0 Å². The van der Waals surface area contributed by atoms with Crippen LogP contribution in [-0.4, -0.2) is 30.9 Å². The molecule has 138 valence electrons.